The Morgan fingerprint density at radius 1 is 1.25 bits per heavy atom. The highest BCUT2D eigenvalue weighted by Crippen LogP contribution is 2.20. The Morgan fingerprint density at radius 3 is 2.65 bits per heavy atom. The monoisotopic (exact) mass is 281 g/mol. The number of aromatic nitrogens is 2. The van der Waals surface area contributed by atoms with Gasteiger partial charge < -0.3 is 20.3 Å². The summed E-state index contributed by atoms with van der Waals surface area (Å²) in [5.74, 6) is 1.85. The molecule has 0 atom stereocenters. The van der Waals surface area contributed by atoms with E-state index < -0.39 is 0 Å². The molecule has 0 radical (unpaired) electrons. The summed E-state index contributed by atoms with van der Waals surface area (Å²) in [6, 6.07) is 0. The molecule has 0 spiro atoms. The van der Waals surface area contributed by atoms with E-state index in [1.54, 1.807) is 13.4 Å². The Labute approximate surface area is 121 Å². The Hall–Kier alpha value is -1.40. The van der Waals surface area contributed by atoms with E-state index in [1.165, 1.54) is 0 Å². The van der Waals surface area contributed by atoms with E-state index in [9.17, 15) is 0 Å². The average molecular weight is 281 g/mol. The summed E-state index contributed by atoms with van der Waals surface area (Å²) >= 11 is 0. The van der Waals surface area contributed by atoms with Crippen LogP contribution in [0.5, 0.6) is 0 Å². The first-order valence-electron chi connectivity index (χ1n) is 7.15. The molecule has 0 saturated carbocycles. The summed E-state index contributed by atoms with van der Waals surface area (Å²) in [6.07, 6.45) is 3.64. The molecule has 114 valence electrons. The van der Waals surface area contributed by atoms with E-state index in [0.29, 0.717) is 0 Å². The molecular weight excluding hydrogens is 254 g/mol. The van der Waals surface area contributed by atoms with Gasteiger partial charge in [0.25, 0.3) is 0 Å². The van der Waals surface area contributed by atoms with Crippen molar-refractivity contribution in [3.8, 4) is 0 Å². The average Bonchev–Trinajstić information content (AvgIpc) is 2.46. The lowest BCUT2D eigenvalue weighted by Gasteiger charge is -2.18. The molecule has 0 aliphatic carbocycles. The highest BCUT2D eigenvalue weighted by Gasteiger charge is 2.09. The largest absolute Gasteiger partial charge is 0.383 e. The van der Waals surface area contributed by atoms with Crippen molar-refractivity contribution in [2.24, 2.45) is 0 Å². The molecule has 0 fully saturated rings. The summed E-state index contributed by atoms with van der Waals surface area (Å²) in [5, 5.41) is 6.54. The molecule has 2 N–H and O–H groups in total. The topological polar surface area (TPSA) is 62.3 Å². The van der Waals surface area contributed by atoms with Crippen LogP contribution in [0.4, 0.5) is 11.6 Å². The Kier molecular flexibility index (Phi) is 7.91. The highest BCUT2D eigenvalue weighted by molar-refractivity contribution is 5.57. The normalized spacial score (nSPS) is 10.8. The summed E-state index contributed by atoms with van der Waals surface area (Å²) in [6.45, 7) is 5.67. The van der Waals surface area contributed by atoms with Crippen molar-refractivity contribution >= 4 is 11.6 Å². The highest BCUT2D eigenvalue weighted by atomic mass is 16.5. The van der Waals surface area contributed by atoms with Gasteiger partial charge in [0.15, 0.2) is 0 Å². The smallest absolute Gasteiger partial charge is 0.134 e. The molecule has 1 rings (SSSR count). The second-order valence-corrected chi connectivity index (χ2v) is 4.77. The number of rotatable bonds is 10. The first-order valence-corrected chi connectivity index (χ1v) is 7.15. The number of likely N-dealkylation sites (N-methyl/N-ethyl adjacent to an activating group) is 1. The van der Waals surface area contributed by atoms with Crippen LogP contribution in [0.3, 0.4) is 0 Å². The summed E-state index contributed by atoms with van der Waals surface area (Å²) in [5.41, 5.74) is 1.16. The summed E-state index contributed by atoms with van der Waals surface area (Å²) in [7, 11) is 5.71. The molecule has 1 heterocycles. The van der Waals surface area contributed by atoms with E-state index in [0.717, 1.165) is 56.3 Å². The first-order chi connectivity index (χ1) is 9.72. The number of hydrogen-bond acceptors (Lipinski definition) is 6. The molecule has 0 aliphatic rings. The Morgan fingerprint density at radius 2 is 2.00 bits per heavy atom. The molecule has 0 bridgehead atoms. The fraction of sp³-hybridized carbons (Fsp3) is 0.714. The first kappa shape index (κ1) is 16.7. The minimum atomic E-state index is 0.759. The molecule has 0 unspecified atom stereocenters. The number of anilines is 2. The van der Waals surface area contributed by atoms with Crippen molar-refractivity contribution in [2.75, 3.05) is 58.1 Å². The Bertz CT molecular complexity index is 386. The summed E-state index contributed by atoms with van der Waals surface area (Å²) in [4.78, 5) is 10.9. The number of nitrogens with one attached hydrogen (secondary N) is 2. The van der Waals surface area contributed by atoms with Crippen molar-refractivity contribution in [3.05, 3.63) is 11.9 Å². The summed E-state index contributed by atoms with van der Waals surface area (Å²) < 4.78 is 5.07. The van der Waals surface area contributed by atoms with E-state index in [4.69, 9.17) is 4.74 Å². The lowest BCUT2D eigenvalue weighted by Crippen LogP contribution is -2.28. The number of nitrogens with zero attached hydrogens (tertiary/aromatic N) is 3. The molecular formula is C14H27N5O. The van der Waals surface area contributed by atoms with Crippen LogP contribution in [-0.4, -0.2) is 62.3 Å². The van der Waals surface area contributed by atoms with Crippen molar-refractivity contribution < 1.29 is 4.74 Å². The zero-order chi connectivity index (χ0) is 14.8. The molecule has 0 saturated heterocycles. The molecule has 0 aliphatic heterocycles. The third-order valence-electron chi connectivity index (χ3n) is 3.15. The van der Waals surface area contributed by atoms with Gasteiger partial charge in [0.1, 0.15) is 18.0 Å². The minimum Gasteiger partial charge on any atom is -0.383 e. The van der Waals surface area contributed by atoms with Crippen LogP contribution in [0.15, 0.2) is 6.33 Å². The number of ether oxygens (including phenoxy) is 1. The van der Waals surface area contributed by atoms with Gasteiger partial charge in [-0.05, 0) is 13.5 Å². The molecule has 1 aromatic heterocycles. The fourth-order valence-corrected chi connectivity index (χ4v) is 1.99. The van der Waals surface area contributed by atoms with Gasteiger partial charge in [-0.3, -0.25) is 0 Å². The van der Waals surface area contributed by atoms with Gasteiger partial charge in [0.2, 0.25) is 0 Å². The van der Waals surface area contributed by atoms with Gasteiger partial charge >= 0.3 is 0 Å². The van der Waals surface area contributed by atoms with Crippen LogP contribution in [-0.2, 0) is 11.2 Å². The quantitative estimate of drug-likeness (QED) is 0.677. The van der Waals surface area contributed by atoms with Crippen molar-refractivity contribution in [1.82, 2.24) is 14.9 Å². The zero-order valence-corrected chi connectivity index (χ0v) is 13.1. The molecule has 1 aromatic rings. The van der Waals surface area contributed by atoms with Crippen LogP contribution in [0.25, 0.3) is 0 Å². The van der Waals surface area contributed by atoms with Crippen molar-refractivity contribution in [2.45, 2.75) is 19.8 Å². The number of methoxy groups -OCH3 is 1. The van der Waals surface area contributed by atoms with Gasteiger partial charge in [-0.25, -0.2) is 9.97 Å². The SMILES string of the molecule is CCCc1c(NC)ncnc1NCCN(C)CCOC. The molecule has 6 heteroatoms. The maximum atomic E-state index is 5.07. The van der Waals surface area contributed by atoms with E-state index >= 15 is 0 Å². The third-order valence-corrected chi connectivity index (χ3v) is 3.15. The van der Waals surface area contributed by atoms with Crippen molar-refractivity contribution in [1.29, 1.82) is 0 Å². The standard InChI is InChI=1S/C14H27N5O/c1-5-6-12-13(15-2)17-11-18-14(12)16-7-8-19(3)9-10-20-4/h11H,5-10H2,1-4H3,(H2,15,16,17,18). The van der Waals surface area contributed by atoms with Crippen LogP contribution >= 0.6 is 0 Å². The molecule has 20 heavy (non-hydrogen) atoms. The van der Waals surface area contributed by atoms with Crippen LogP contribution in [0, 0.1) is 0 Å². The van der Waals surface area contributed by atoms with Crippen LogP contribution in [0.1, 0.15) is 18.9 Å². The predicted molar refractivity (Wildman–Crippen MR) is 83.4 cm³/mol. The fourth-order valence-electron chi connectivity index (χ4n) is 1.99. The van der Waals surface area contributed by atoms with Gasteiger partial charge in [0.05, 0.1) is 6.61 Å². The lowest BCUT2D eigenvalue weighted by molar-refractivity contribution is 0.163. The van der Waals surface area contributed by atoms with Crippen LogP contribution < -0.4 is 10.6 Å². The second-order valence-electron chi connectivity index (χ2n) is 4.77. The van der Waals surface area contributed by atoms with Gasteiger partial charge in [-0.2, -0.15) is 0 Å². The molecule has 0 aromatic carbocycles. The van der Waals surface area contributed by atoms with E-state index in [1.807, 2.05) is 7.05 Å². The van der Waals surface area contributed by atoms with Gasteiger partial charge in [-0.1, -0.05) is 13.3 Å². The minimum absolute atomic E-state index is 0.759. The number of hydrogen-bond donors (Lipinski definition) is 2. The van der Waals surface area contributed by atoms with Gasteiger partial charge in [-0.15, -0.1) is 0 Å². The van der Waals surface area contributed by atoms with E-state index in [2.05, 4.69) is 39.5 Å². The van der Waals surface area contributed by atoms with E-state index in [-0.39, 0.29) is 0 Å². The van der Waals surface area contributed by atoms with Crippen molar-refractivity contribution in [3.63, 3.8) is 0 Å². The predicted octanol–water partition coefficient (Wildman–Crippen LogP) is 1.46. The van der Waals surface area contributed by atoms with Gasteiger partial charge in [0, 0.05) is 39.4 Å². The van der Waals surface area contributed by atoms with Crippen LogP contribution in [0.2, 0.25) is 0 Å². The maximum Gasteiger partial charge on any atom is 0.134 e. The lowest BCUT2D eigenvalue weighted by atomic mass is 10.1. The molecule has 6 nitrogen and oxygen atoms in total. The maximum absolute atomic E-state index is 5.07. The third kappa shape index (κ3) is 5.30. The molecule has 0 amide bonds. The Balaban J connectivity index is 2.54. The zero-order valence-electron chi connectivity index (χ0n) is 13.1. The second kappa shape index (κ2) is 9.50.